The maximum atomic E-state index is 10.4. The van der Waals surface area contributed by atoms with Gasteiger partial charge in [0.15, 0.2) is 5.82 Å². The Morgan fingerprint density at radius 3 is 2.67 bits per heavy atom. The first kappa shape index (κ1) is 11.8. The minimum Gasteiger partial charge on any atom is -0.481 e. The third-order valence-electron chi connectivity index (χ3n) is 1.72. The average molecular weight is 230 g/mol. The van der Waals surface area contributed by atoms with Crippen molar-refractivity contribution in [3.8, 4) is 0 Å². The molecule has 0 saturated heterocycles. The molecule has 84 valence electrons. The summed E-state index contributed by atoms with van der Waals surface area (Å²) in [6.07, 6.45) is 0.763. The third kappa shape index (κ3) is 2.85. The van der Waals surface area contributed by atoms with Gasteiger partial charge in [0, 0.05) is 20.5 Å². The number of nitrogens with zero attached hydrogens (tertiary/aromatic N) is 4. The van der Waals surface area contributed by atoms with Crippen LogP contribution in [0.3, 0.4) is 0 Å². The van der Waals surface area contributed by atoms with Gasteiger partial charge in [0.2, 0.25) is 5.16 Å². The lowest BCUT2D eigenvalue weighted by atomic mass is 10.5. The van der Waals surface area contributed by atoms with E-state index in [0.717, 1.165) is 12.2 Å². The molecule has 0 radical (unpaired) electrons. The zero-order valence-electron chi connectivity index (χ0n) is 8.97. The van der Waals surface area contributed by atoms with E-state index in [1.165, 1.54) is 11.8 Å². The zero-order valence-corrected chi connectivity index (χ0v) is 9.78. The maximum absolute atomic E-state index is 10.4. The Morgan fingerprint density at radius 1 is 1.53 bits per heavy atom. The van der Waals surface area contributed by atoms with Crippen LogP contribution in [0, 0.1) is 0 Å². The van der Waals surface area contributed by atoms with Crippen LogP contribution < -0.4 is 5.01 Å². The number of rotatable bonds is 5. The number of hydrogen-bond donors (Lipinski definition) is 1. The fraction of sp³-hybridized carbons (Fsp3) is 0.625. The number of carbonyl (C=O) groups is 1. The number of carboxylic acid groups (broad SMARTS) is 1. The predicted molar refractivity (Wildman–Crippen MR) is 57.8 cm³/mol. The summed E-state index contributed by atoms with van der Waals surface area (Å²) in [5.74, 6) is -0.0328. The third-order valence-corrected chi connectivity index (χ3v) is 2.62. The van der Waals surface area contributed by atoms with E-state index in [0.29, 0.717) is 5.16 Å². The van der Waals surface area contributed by atoms with Crippen molar-refractivity contribution < 1.29 is 9.90 Å². The van der Waals surface area contributed by atoms with Gasteiger partial charge in [0.25, 0.3) is 0 Å². The van der Waals surface area contributed by atoms with E-state index < -0.39 is 5.97 Å². The van der Waals surface area contributed by atoms with Crippen LogP contribution in [0.25, 0.3) is 0 Å². The summed E-state index contributed by atoms with van der Waals surface area (Å²) in [6, 6.07) is 0. The van der Waals surface area contributed by atoms with E-state index in [-0.39, 0.29) is 5.75 Å². The minimum atomic E-state index is -0.855. The molecule has 1 N–H and O–H groups in total. The molecule has 0 amide bonds. The van der Waals surface area contributed by atoms with Gasteiger partial charge in [-0.2, -0.15) is 0 Å². The van der Waals surface area contributed by atoms with E-state index in [4.69, 9.17) is 5.11 Å². The maximum Gasteiger partial charge on any atom is 0.313 e. The highest BCUT2D eigenvalue weighted by molar-refractivity contribution is 7.99. The molecule has 0 aliphatic carbocycles. The highest BCUT2D eigenvalue weighted by Crippen LogP contribution is 2.16. The Balaban J connectivity index is 2.87. The first-order valence-corrected chi connectivity index (χ1v) is 5.51. The van der Waals surface area contributed by atoms with Crippen LogP contribution in [0.1, 0.15) is 12.7 Å². The molecule has 0 saturated carbocycles. The molecule has 7 heteroatoms. The average Bonchev–Trinajstić information content (AvgIpc) is 2.57. The Kier molecular flexibility index (Phi) is 3.96. The molecule has 0 aliphatic rings. The summed E-state index contributed by atoms with van der Waals surface area (Å²) in [4.78, 5) is 10.4. The van der Waals surface area contributed by atoms with Crippen LogP contribution in [0.4, 0.5) is 0 Å². The van der Waals surface area contributed by atoms with Crippen molar-refractivity contribution in [3.63, 3.8) is 0 Å². The summed E-state index contributed by atoms with van der Waals surface area (Å²) >= 11 is 1.17. The first-order chi connectivity index (χ1) is 7.06. The first-order valence-electron chi connectivity index (χ1n) is 4.52. The number of aliphatic carboxylic acids is 1. The summed E-state index contributed by atoms with van der Waals surface area (Å²) in [5, 5.41) is 19.0. The second kappa shape index (κ2) is 5.01. The molecule has 1 rings (SSSR count). The standard InChI is InChI=1S/C8H14N4O2S/c1-4-6-9-10-8(12(6)11(2)3)15-5-7(13)14/h4-5H2,1-3H3,(H,13,14). The number of thioether (sulfide) groups is 1. The van der Waals surface area contributed by atoms with Crippen LogP contribution in [0.5, 0.6) is 0 Å². The second-order valence-corrected chi connectivity index (χ2v) is 4.04. The fourth-order valence-corrected chi connectivity index (χ4v) is 1.88. The molecule has 0 spiro atoms. The van der Waals surface area contributed by atoms with Gasteiger partial charge in [0.1, 0.15) is 0 Å². The molecule has 0 aliphatic heterocycles. The van der Waals surface area contributed by atoms with Gasteiger partial charge >= 0.3 is 5.97 Å². The molecule has 6 nitrogen and oxygen atoms in total. The molecule has 15 heavy (non-hydrogen) atoms. The molecule has 0 atom stereocenters. The SMILES string of the molecule is CCc1nnc(SCC(=O)O)n1N(C)C. The summed E-state index contributed by atoms with van der Waals surface area (Å²) in [6.45, 7) is 1.98. The Hall–Kier alpha value is -1.24. The van der Waals surface area contributed by atoms with Crippen molar-refractivity contribution in [2.45, 2.75) is 18.5 Å². The van der Waals surface area contributed by atoms with Crippen LogP contribution >= 0.6 is 11.8 Å². The molecule has 1 aromatic heterocycles. The fourth-order valence-electron chi connectivity index (χ4n) is 1.13. The van der Waals surface area contributed by atoms with Crippen molar-refractivity contribution >= 4 is 17.7 Å². The zero-order chi connectivity index (χ0) is 11.4. The van der Waals surface area contributed by atoms with Gasteiger partial charge in [0.05, 0.1) is 5.75 Å². The molecule has 0 aromatic carbocycles. The topological polar surface area (TPSA) is 71.2 Å². The summed E-state index contributed by atoms with van der Waals surface area (Å²) < 4.78 is 1.81. The van der Waals surface area contributed by atoms with Crippen molar-refractivity contribution in [1.29, 1.82) is 0 Å². The van der Waals surface area contributed by atoms with E-state index in [1.54, 1.807) is 0 Å². The highest BCUT2D eigenvalue weighted by atomic mass is 32.2. The second-order valence-electron chi connectivity index (χ2n) is 3.09. The van der Waals surface area contributed by atoms with Crippen LogP contribution in [-0.2, 0) is 11.2 Å². The Morgan fingerprint density at radius 2 is 2.20 bits per heavy atom. The number of hydrogen-bond acceptors (Lipinski definition) is 5. The Bertz CT molecular complexity index is 350. The lowest BCUT2D eigenvalue weighted by molar-refractivity contribution is -0.133. The largest absolute Gasteiger partial charge is 0.481 e. The summed E-state index contributed by atoms with van der Waals surface area (Å²) in [5.41, 5.74) is 0. The minimum absolute atomic E-state index is 0.00428. The number of aromatic nitrogens is 3. The molecule has 0 unspecified atom stereocenters. The molecule has 1 aromatic rings. The van der Waals surface area contributed by atoms with E-state index in [1.807, 2.05) is 30.7 Å². The van der Waals surface area contributed by atoms with Crippen LogP contribution in [-0.4, -0.2) is 45.8 Å². The predicted octanol–water partition coefficient (Wildman–Crippen LogP) is 0.215. The van der Waals surface area contributed by atoms with Gasteiger partial charge in [-0.25, -0.2) is 4.68 Å². The van der Waals surface area contributed by atoms with Crippen molar-refractivity contribution in [2.75, 3.05) is 24.9 Å². The molecule has 1 heterocycles. The van der Waals surface area contributed by atoms with E-state index in [9.17, 15) is 4.79 Å². The van der Waals surface area contributed by atoms with Crippen molar-refractivity contribution in [2.24, 2.45) is 0 Å². The summed E-state index contributed by atoms with van der Waals surface area (Å²) in [7, 11) is 3.74. The smallest absolute Gasteiger partial charge is 0.313 e. The monoisotopic (exact) mass is 230 g/mol. The lowest BCUT2D eigenvalue weighted by Gasteiger charge is -2.17. The lowest BCUT2D eigenvalue weighted by Crippen LogP contribution is -2.27. The Labute approximate surface area is 92.3 Å². The quantitative estimate of drug-likeness (QED) is 0.729. The van der Waals surface area contributed by atoms with Crippen LogP contribution in [0.15, 0.2) is 5.16 Å². The van der Waals surface area contributed by atoms with Crippen molar-refractivity contribution in [3.05, 3.63) is 5.82 Å². The van der Waals surface area contributed by atoms with Gasteiger partial charge < -0.3 is 10.1 Å². The number of carboxylic acids is 1. The van der Waals surface area contributed by atoms with Gasteiger partial charge in [-0.1, -0.05) is 18.7 Å². The molecular formula is C8H14N4O2S. The number of aryl methyl sites for hydroxylation is 1. The van der Waals surface area contributed by atoms with E-state index in [2.05, 4.69) is 10.2 Å². The molecule has 0 bridgehead atoms. The van der Waals surface area contributed by atoms with Gasteiger partial charge in [-0.15, -0.1) is 10.2 Å². The molecular weight excluding hydrogens is 216 g/mol. The van der Waals surface area contributed by atoms with Gasteiger partial charge in [-0.3, -0.25) is 4.79 Å². The van der Waals surface area contributed by atoms with E-state index >= 15 is 0 Å². The van der Waals surface area contributed by atoms with Gasteiger partial charge in [-0.05, 0) is 0 Å². The van der Waals surface area contributed by atoms with Crippen molar-refractivity contribution in [1.82, 2.24) is 14.9 Å². The molecule has 0 fully saturated rings. The highest BCUT2D eigenvalue weighted by Gasteiger charge is 2.13. The van der Waals surface area contributed by atoms with Crippen LogP contribution in [0.2, 0.25) is 0 Å². The normalized spacial score (nSPS) is 10.3.